The molecule has 1 aliphatic rings. The smallest absolute Gasteiger partial charge is 0.310 e. The molecule has 0 aliphatic carbocycles. The van der Waals surface area contributed by atoms with Gasteiger partial charge in [-0.2, -0.15) is 0 Å². The minimum Gasteiger partial charge on any atom is -0.485 e. The Bertz CT molecular complexity index is 766. The molecule has 1 aliphatic heterocycles. The number of nitrogens with zero attached hydrogens (tertiary/aromatic N) is 2. The zero-order chi connectivity index (χ0) is 18.4. The number of rotatable bonds is 6. The lowest BCUT2D eigenvalue weighted by atomic mass is 10.0. The fraction of sp³-hybridized carbons (Fsp3) is 0.316. The Kier molecular flexibility index (Phi) is 5.80. The molecule has 1 heterocycles. The van der Waals surface area contributed by atoms with Gasteiger partial charge in [-0.25, -0.2) is 0 Å². The van der Waals surface area contributed by atoms with E-state index in [1.165, 1.54) is 6.07 Å². The van der Waals surface area contributed by atoms with Gasteiger partial charge in [0.1, 0.15) is 6.61 Å². The quantitative estimate of drug-likeness (QED) is 0.636. The summed E-state index contributed by atoms with van der Waals surface area (Å²) in [6, 6.07) is 16.2. The van der Waals surface area contributed by atoms with E-state index in [2.05, 4.69) is 10.2 Å². The summed E-state index contributed by atoms with van der Waals surface area (Å²) in [6.45, 7) is 2.15. The molecule has 1 saturated heterocycles. The summed E-state index contributed by atoms with van der Waals surface area (Å²) >= 11 is 0. The Labute approximate surface area is 151 Å². The van der Waals surface area contributed by atoms with E-state index in [-0.39, 0.29) is 23.4 Å². The van der Waals surface area contributed by atoms with Crippen molar-refractivity contribution >= 4 is 11.6 Å². The molecule has 1 fully saturated rings. The van der Waals surface area contributed by atoms with Gasteiger partial charge < -0.3 is 10.1 Å². The third-order valence-corrected chi connectivity index (χ3v) is 4.42. The Hall–Kier alpha value is -2.93. The minimum atomic E-state index is -0.448. The predicted molar refractivity (Wildman–Crippen MR) is 97.0 cm³/mol. The number of nitro benzene ring substituents is 1. The Morgan fingerprint density at radius 3 is 2.65 bits per heavy atom. The van der Waals surface area contributed by atoms with Crippen molar-refractivity contribution in [2.45, 2.75) is 12.5 Å². The molecule has 26 heavy (non-hydrogen) atoms. The molecule has 1 amide bonds. The second kappa shape index (κ2) is 8.44. The number of ether oxygens (including phenoxy) is 1. The second-order valence-electron chi connectivity index (χ2n) is 6.09. The van der Waals surface area contributed by atoms with E-state index >= 15 is 0 Å². The molecular formula is C19H21N3O4. The number of nitrogens with one attached hydrogen (secondary N) is 1. The molecular weight excluding hydrogens is 334 g/mol. The van der Waals surface area contributed by atoms with Gasteiger partial charge in [-0.05, 0) is 11.6 Å². The molecule has 3 rings (SSSR count). The zero-order valence-electron chi connectivity index (χ0n) is 14.3. The van der Waals surface area contributed by atoms with Crippen LogP contribution in [0, 0.1) is 10.1 Å². The summed E-state index contributed by atoms with van der Waals surface area (Å²) in [7, 11) is 0. The van der Waals surface area contributed by atoms with E-state index in [1.54, 1.807) is 18.2 Å². The highest BCUT2D eigenvalue weighted by Crippen LogP contribution is 2.27. The lowest BCUT2D eigenvalue weighted by molar-refractivity contribution is -0.385. The lowest BCUT2D eigenvalue weighted by Gasteiger charge is -2.29. The highest BCUT2D eigenvalue weighted by molar-refractivity contribution is 5.77. The first kappa shape index (κ1) is 17.9. The van der Waals surface area contributed by atoms with Gasteiger partial charge in [0.05, 0.1) is 4.92 Å². The summed E-state index contributed by atoms with van der Waals surface area (Å²) in [4.78, 5) is 24.8. The van der Waals surface area contributed by atoms with Crippen LogP contribution in [0.15, 0.2) is 54.6 Å². The van der Waals surface area contributed by atoms with Crippen molar-refractivity contribution in [3.63, 3.8) is 0 Å². The monoisotopic (exact) mass is 355 g/mol. The number of carbonyl (C=O) groups excluding carboxylic acids is 1. The largest absolute Gasteiger partial charge is 0.485 e. The lowest BCUT2D eigenvalue weighted by Crippen LogP contribution is -2.34. The first-order chi connectivity index (χ1) is 12.6. The van der Waals surface area contributed by atoms with Crippen LogP contribution in [-0.4, -0.2) is 42.0 Å². The molecule has 0 bridgehead atoms. The third-order valence-electron chi connectivity index (χ3n) is 4.42. The number of hydrogen-bond donors (Lipinski definition) is 1. The van der Waals surface area contributed by atoms with Gasteiger partial charge in [0.2, 0.25) is 5.91 Å². The van der Waals surface area contributed by atoms with Crippen LogP contribution in [0.2, 0.25) is 0 Å². The number of para-hydroxylation sites is 2. The van der Waals surface area contributed by atoms with E-state index in [4.69, 9.17) is 4.74 Å². The van der Waals surface area contributed by atoms with Crippen molar-refractivity contribution in [3.05, 3.63) is 70.3 Å². The van der Waals surface area contributed by atoms with Crippen LogP contribution in [0.1, 0.15) is 18.0 Å². The summed E-state index contributed by atoms with van der Waals surface area (Å²) in [6.07, 6.45) is 0.384. The highest BCUT2D eigenvalue weighted by Gasteiger charge is 2.26. The first-order valence-corrected chi connectivity index (χ1v) is 8.57. The van der Waals surface area contributed by atoms with Crippen molar-refractivity contribution in [1.82, 2.24) is 10.2 Å². The average molecular weight is 355 g/mol. The van der Waals surface area contributed by atoms with Gasteiger partial charge in [0.25, 0.3) is 0 Å². The van der Waals surface area contributed by atoms with Gasteiger partial charge in [0, 0.05) is 38.2 Å². The van der Waals surface area contributed by atoms with E-state index in [0.717, 1.165) is 5.56 Å². The maximum absolute atomic E-state index is 12.0. The van der Waals surface area contributed by atoms with Gasteiger partial charge in [0.15, 0.2) is 5.75 Å². The molecule has 0 radical (unpaired) electrons. The Morgan fingerprint density at radius 1 is 1.15 bits per heavy atom. The van der Waals surface area contributed by atoms with E-state index < -0.39 is 4.92 Å². The van der Waals surface area contributed by atoms with Crippen molar-refractivity contribution < 1.29 is 14.5 Å². The highest BCUT2D eigenvalue weighted by atomic mass is 16.6. The van der Waals surface area contributed by atoms with Crippen LogP contribution >= 0.6 is 0 Å². The molecule has 0 spiro atoms. The molecule has 7 nitrogen and oxygen atoms in total. The van der Waals surface area contributed by atoms with Gasteiger partial charge >= 0.3 is 5.69 Å². The van der Waals surface area contributed by atoms with Crippen LogP contribution in [0.5, 0.6) is 5.75 Å². The van der Waals surface area contributed by atoms with Crippen LogP contribution in [0.4, 0.5) is 5.69 Å². The van der Waals surface area contributed by atoms with Crippen molar-refractivity contribution in [2.75, 3.05) is 26.2 Å². The number of carbonyl (C=O) groups is 1. The predicted octanol–water partition coefficient (Wildman–Crippen LogP) is 2.54. The number of nitro groups is 1. The summed E-state index contributed by atoms with van der Waals surface area (Å²) in [5.41, 5.74) is 1.04. The second-order valence-corrected chi connectivity index (χ2v) is 6.09. The SMILES string of the molecule is O=C1CC(c2ccccc2)N(CCOc2ccccc2[N+](=O)[O-])CCN1. The molecule has 136 valence electrons. The van der Waals surface area contributed by atoms with E-state index in [0.29, 0.717) is 32.7 Å². The normalized spacial score (nSPS) is 18.0. The number of hydrogen-bond acceptors (Lipinski definition) is 5. The molecule has 2 aromatic carbocycles. The molecule has 0 aromatic heterocycles. The number of amides is 1. The first-order valence-electron chi connectivity index (χ1n) is 8.57. The molecule has 1 atom stereocenters. The third kappa shape index (κ3) is 4.37. The standard InChI is InChI=1S/C19H21N3O4/c23-19-14-17(15-6-2-1-3-7-15)21(11-10-20-19)12-13-26-18-9-5-4-8-16(18)22(24)25/h1-9,17H,10-14H2,(H,20,23). The fourth-order valence-electron chi connectivity index (χ4n) is 3.15. The van der Waals surface area contributed by atoms with E-state index in [1.807, 2.05) is 30.3 Å². The summed E-state index contributed by atoms with van der Waals surface area (Å²) < 4.78 is 5.66. The topological polar surface area (TPSA) is 84.7 Å². The van der Waals surface area contributed by atoms with Gasteiger partial charge in [-0.3, -0.25) is 19.8 Å². The molecule has 1 unspecified atom stereocenters. The number of benzene rings is 2. The maximum Gasteiger partial charge on any atom is 0.310 e. The zero-order valence-corrected chi connectivity index (χ0v) is 14.3. The van der Waals surface area contributed by atoms with Crippen molar-refractivity contribution in [2.24, 2.45) is 0 Å². The summed E-state index contributed by atoms with van der Waals surface area (Å²) in [5.74, 6) is 0.291. The van der Waals surface area contributed by atoms with Crippen LogP contribution in [0.3, 0.4) is 0 Å². The van der Waals surface area contributed by atoms with E-state index in [9.17, 15) is 14.9 Å². The van der Waals surface area contributed by atoms with Gasteiger partial charge in [-0.15, -0.1) is 0 Å². The maximum atomic E-state index is 12.0. The average Bonchev–Trinajstić information content (AvgIpc) is 2.84. The molecule has 2 aromatic rings. The molecule has 1 N–H and O–H groups in total. The Morgan fingerprint density at radius 2 is 1.88 bits per heavy atom. The summed E-state index contributed by atoms with van der Waals surface area (Å²) in [5, 5.41) is 14.0. The fourth-order valence-corrected chi connectivity index (χ4v) is 3.15. The molecule has 7 heteroatoms. The van der Waals surface area contributed by atoms with Crippen LogP contribution in [0.25, 0.3) is 0 Å². The van der Waals surface area contributed by atoms with Crippen LogP contribution < -0.4 is 10.1 Å². The Balaban J connectivity index is 1.69. The van der Waals surface area contributed by atoms with Gasteiger partial charge in [-0.1, -0.05) is 42.5 Å². The minimum absolute atomic E-state index is 0.0287. The molecule has 0 saturated carbocycles. The van der Waals surface area contributed by atoms with Crippen LogP contribution in [-0.2, 0) is 4.79 Å². The van der Waals surface area contributed by atoms with Crippen molar-refractivity contribution in [1.29, 1.82) is 0 Å². The van der Waals surface area contributed by atoms with Crippen molar-refractivity contribution in [3.8, 4) is 5.75 Å².